The van der Waals surface area contributed by atoms with Crippen LogP contribution in [-0.4, -0.2) is 31.2 Å². The van der Waals surface area contributed by atoms with Gasteiger partial charge in [-0.25, -0.2) is 0 Å². The summed E-state index contributed by atoms with van der Waals surface area (Å²) in [6, 6.07) is 0. The lowest BCUT2D eigenvalue weighted by Gasteiger charge is -2.13. The van der Waals surface area contributed by atoms with Crippen molar-refractivity contribution in [1.82, 2.24) is 10.6 Å². The molecule has 16 heavy (non-hydrogen) atoms. The molecular formula is C10H19N3O3. The molecule has 92 valence electrons. The average molecular weight is 229 g/mol. The smallest absolute Gasteiger partial charge is 0.274 e. The Morgan fingerprint density at radius 1 is 1.62 bits per heavy atom. The van der Waals surface area contributed by atoms with Crippen molar-refractivity contribution in [2.45, 2.75) is 19.8 Å². The fourth-order valence-electron chi connectivity index (χ4n) is 1.52. The molecule has 6 nitrogen and oxygen atoms in total. The van der Waals surface area contributed by atoms with Gasteiger partial charge in [-0.1, -0.05) is 6.92 Å². The van der Waals surface area contributed by atoms with Gasteiger partial charge >= 0.3 is 0 Å². The molecule has 1 fully saturated rings. The molecule has 0 spiro atoms. The summed E-state index contributed by atoms with van der Waals surface area (Å²) >= 11 is 0. The summed E-state index contributed by atoms with van der Waals surface area (Å²) in [5.41, 5.74) is 0. The summed E-state index contributed by atoms with van der Waals surface area (Å²) in [4.78, 5) is 9.95. The summed E-state index contributed by atoms with van der Waals surface area (Å²) in [7, 11) is 0. The van der Waals surface area contributed by atoms with Crippen LogP contribution in [0.4, 0.5) is 0 Å². The summed E-state index contributed by atoms with van der Waals surface area (Å²) in [5, 5.41) is 16.4. The predicted octanol–water partition coefficient (Wildman–Crippen LogP) is 0.688. The maximum Gasteiger partial charge on any atom is 0.274 e. The fraction of sp³-hybridized carbons (Fsp3) is 0.800. The second kappa shape index (κ2) is 7.05. The van der Waals surface area contributed by atoms with E-state index in [0.29, 0.717) is 11.7 Å². The van der Waals surface area contributed by atoms with Crippen LogP contribution in [0.5, 0.6) is 0 Å². The molecular weight excluding hydrogens is 210 g/mol. The first-order valence-corrected chi connectivity index (χ1v) is 5.63. The third-order valence-corrected chi connectivity index (χ3v) is 2.41. The molecule has 1 saturated heterocycles. The van der Waals surface area contributed by atoms with Crippen LogP contribution in [0.25, 0.3) is 0 Å². The van der Waals surface area contributed by atoms with Crippen molar-refractivity contribution >= 4 is 0 Å². The van der Waals surface area contributed by atoms with E-state index in [0.717, 1.165) is 45.3 Å². The molecule has 0 aromatic carbocycles. The van der Waals surface area contributed by atoms with Crippen LogP contribution >= 0.6 is 0 Å². The standard InChI is InChI=1S/C10H19N3O3/c1-2-4-11-10(7-13(14)15)12-6-9-3-5-16-8-9/h7,9,11-12H,2-6,8H2,1H3/b10-7+. The van der Waals surface area contributed by atoms with Gasteiger partial charge in [-0.05, 0) is 12.8 Å². The third-order valence-electron chi connectivity index (χ3n) is 2.41. The molecule has 1 aliphatic heterocycles. The minimum atomic E-state index is -0.448. The Kier molecular flexibility index (Phi) is 5.63. The number of hydrogen-bond acceptors (Lipinski definition) is 5. The molecule has 2 N–H and O–H groups in total. The molecule has 1 heterocycles. The zero-order chi connectivity index (χ0) is 11.8. The van der Waals surface area contributed by atoms with Gasteiger partial charge in [0.25, 0.3) is 6.20 Å². The van der Waals surface area contributed by atoms with E-state index < -0.39 is 4.92 Å². The predicted molar refractivity (Wildman–Crippen MR) is 60.3 cm³/mol. The molecule has 0 aromatic rings. The van der Waals surface area contributed by atoms with Crippen molar-refractivity contribution in [3.63, 3.8) is 0 Å². The van der Waals surface area contributed by atoms with E-state index in [1.54, 1.807) is 0 Å². The minimum Gasteiger partial charge on any atom is -0.381 e. The second-order valence-corrected chi connectivity index (χ2v) is 3.87. The van der Waals surface area contributed by atoms with Crippen molar-refractivity contribution < 1.29 is 9.66 Å². The first-order chi connectivity index (χ1) is 7.72. The number of nitro groups is 1. The lowest BCUT2D eigenvalue weighted by molar-refractivity contribution is -0.404. The molecule has 0 aliphatic carbocycles. The Balaban J connectivity index is 2.33. The highest BCUT2D eigenvalue weighted by Crippen LogP contribution is 2.10. The van der Waals surface area contributed by atoms with Gasteiger partial charge in [0.15, 0.2) is 5.82 Å². The quantitative estimate of drug-likeness (QED) is 0.496. The van der Waals surface area contributed by atoms with Gasteiger partial charge in [0.1, 0.15) is 0 Å². The number of ether oxygens (including phenoxy) is 1. The number of hydrogen-bond donors (Lipinski definition) is 2. The molecule has 0 saturated carbocycles. The van der Waals surface area contributed by atoms with Gasteiger partial charge in [0.2, 0.25) is 0 Å². The molecule has 1 rings (SSSR count). The Labute approximate surface area is 95.2 Å². The van der Waals surface area contributed by atoms with Gasteiger partial charge < -0.3 is 15.4 Å². The summed E-state index contributed by atoms with van der Waals surface area (Å²) in [6.07, 6.45) is 2.93. The Bertz CT molecular complexity index is 250. The maximum atomic E-state index is 10.4. The van der Waals surface area contributed by atoms with Gasteiger partial charge in [-0.15, -0.1) is 0 Å². The van der Waals surface area contributed by atoms with Crippen LogP contribution in [0.2, 0.25) is 0 Å². The molecule has 0 amide bonds. The highest BCUT2D eigenvalue weighted by molar-refractivity contribution is 4.92. The molecule has 0 bridgehead atoms. The van der Waals surface area contributed by atoms with Crippen LogP contribution in [-0.2, 0) is 4.74 Å². The van der Waals surface area contributed by atoms with Gasteiger partial charge in [0.05, 0.1) is 11.5 Å². The highest BCUT2D eigenvalue weighted by atomic mass is 16.6. The van der Waals surface area contributed by atoms with Crippen LogP contribution in [0, 0.1) is 16.0 Å². The van der Waals surface area contributed by atoms with E-state index in [2.05, 4.69) is 10.6 Å². The van der Waals surface area contributed by atoms with Crippen LogP contribution in [0.15, 0.2) is 12.0 Å². The Hall–Kier alpha value is -1.30. The van der Waals surface area contributed by atoms with Crippen molar-refractivity contribution in [2.75, 3.05) is 26.3 Å². The highest BCUT2D eigenvalue weighted by Gasteiger charge is 2.15. The molecule has 1 unspecified atom stereocenters. The van der Waals surface area contributed by atoms with Gasteiger partial charge in [-0.2, -0.15) is 0 Å². The zero-order valence-electron chi connectivity index (χ0n) is 9.57. The van der Waals surface area contributed by atoms with Crippen molar-refractivity contribution in [1.29, 1.82) is 0 Å². The lowest BCUT2D eigenvalue weighted by atomic mass is 10.1. The third kappa shape index (κ3) is 4.97. The zero-order valence-corrected chi connectivity index (χ0v) is 9.57. The Morgan fingerprint density at radius 2 is 2.44 bits per heavy atom. The van der Waals surface area contributed by atoms with E-state index >= 15 is 0 Å². The summed E-state index contributed by atoms with van der Waals surface area (Å²) in [6.45, 7) is 5.00. The Morgan fingerprint density at radius 3 is 3.00 bits per heavy atom. The first kappa shape index (κ1) is 12.8. The summed E-state index contributed by atoms with van der Waals surface area (Å²) < 4.78 is 5.24. The van der Waals surface area contributed by atoms with E-state index in [-0.39, 0.29) is 0 Å². The van der Waals surface area contributed by atoms with Crippen molar-refractivity contribution in [3.05, 3.63) is 22.1 Å². The SMILES string of the molecule is CCCN/C(=C\[N+](=O)[O-])NCC1CCOC1. The first-order valence-electron chi connectivity index (χ1n) is 5.63. The second-order valence-electron chi connectivity index (χ2n) is 3.87. The number of rotatable bonds is 7. The molecule has 1 atom stereocenters. The molecule has 0 radical (unpaired) electrons. The number of nitrogens with zero attached hydrogens (tertiary/aromatic N) is 1. The topological polar surface area (TPSA) is 76.4 Å². The maximum absolute atomic E-state index is 10.4. The van der Waals surface area contributed by atoms with E-state index in [1.807, 2.05) is 6.92 Å². The van der Waals surface area contributed by atoms with Crippen molar-refractivity contribution in [2.24, 2.45) is 5.92 Å². The molecule has 1 aliphatic rings. The minimum absolute atomic E-state index is 0.448. The van der Waals surface area contributed by atoms with Gasteiger partial charge in [0, 0.05) is 25.6 Å². The average Bonchev–Trinajstić information content (AvgIpc) is 2.74. The number of nitrogens with one attached hydrogen (secondary N) is 2. The van der Waals surface area contributed by atoms with Crippen molar-refractivity contribution in [3.8, 4) is 0 Å². The normalized spacial score (nSPS) is 20.8. The molecule has 6 heteroatoms. The van der Waals surface area contributed by atoms with E-state index in [4.69, 9.17) is 4.74 Å². The van der Waals surface area contributed by atoms with Crippen LogP contribution in [0.1, 0.15) is 19.8 Å². The molecule has 0 aromatic heterocycles. The van der Waals surface area contributed by atoms with Crippen LogP contribution < -0.4 is 10.6 Å². The van der Waals surface area contributed by atoms with Crippen LogP contribution in [0.3, 0.4) is 0 Å². The van der Waals surface area contributed by atoms with Gasteiger partial charge in [-0.3, -0.25) is 10.1 Å². The monoisotopic (exact) mass is 229 g/mol. The van der Waals surface area contributed by atoms with E-state index in [9.17, 15) is 10.1 Å². The fourth-order valence-corrected chi connectivity index (χ4v) is 1.52. The van der Waals surface area contributed by atoms with E-state index in [1.165, 1.54) is 0 Å². The largest absolute Gasteiger partial charge is 0.381 e. The lowest BCUT2D eigenvalue weighted by Crippen LogP contribution is -2.31. The summed E-state index contributed by atoms with van der Waals surface area (Å²) in [5.74, 6) is 0.942.